The summed E-state index contributed by atoms with van der Waals surface area (Å²) in [5.74, 6) is -0.449. The van der Waals surface area contributed by atoms with E-state index in [0.717, 1.165) is 11.1 Å². The van der Waals surface area contributed by atoms with Crippen LogP contribution < -0.4 is 5.32 Å². The second kappa shape index (κ2) is 7.93. The van der Waals surface area contributed by atoms with Gasteiger partial charge in [-0.1, -0.05) is 29.8 Å². The lowest BCUT2D eigenvalue weighted by Crippen LogP contribution is -2.38. The fraction of sp³-hybridized carbons (Fsp3) is 0.250. The zero-order valence-electron chi connectivity index (χ0n) is 15.9. The van der Waals surface area contributed by atoms with Crippen LogP contribution in [0.2, 0.25) is 0 Å². The van der Waals surface area contributed by atoms with Gasteiger partial charge >= 0.3 is 0 Å². The Balaban J connectivity index is 1.91. The second-order valence-electron chi connectivity index (χ2n) is 6.75. The number of carbonyl (C=O) groups excluding carboxylic acids is 1. The molecule has 146 valence electrons. The van der Waals surface area contributed by atoms with Crippen molar-refractivity contribution in [2.45, 2.75) is 25.1 Å². The summed E-state index contributed by atoms with van der Waals surface area (Å²) in [5.41, 5.74) is 2.65. The first kappa shape index (κ1) is 19.8. The average molecular weight is 398 g/mol. The van der Waals surface area contributed by atoms with Crippen molar-refractivity contribution in [3.05, 3.63) is 77.9 Å². The quantitative estimate of drug-likeness (QED) is 0.688. The number of amides is 1. The van der Waals surface area contributed by atoms with Gasteiger partial charge in [0.25, 0.3) is 5.91 Å². The lowest BCUT2D eigenvalue weighted by molar-refractivity contribution is 0.0931. The molecule has 0 saturated carbocycles. The van der Waals surface area contributed by atoms with Crippen molar-refractivity contribution >= 4 is 15.7 Å². The number of rotatable bonds is 6. The van der Waals surface area contributed by atoms with E-state index in [1.807, 2.05) is 31.2 Å². The fourth-order valence-electron chi connectivity index (χ4n) is 2.82. The van der Waals surface area contributed by atoms with E-state index in [-0.39, 0.29) is 5.69 Å². The molecule has 0 spiro atoms. The third-order valence-electron chi connectivity index (χ3n) is 4.61. The van der Waals surface area contributed by atoms with Gasteiger partial charge in [-0.2, -0.15) is 5.10 Å². The van der Waals surface area contributed by atoms with Gasteiger partial charge in [-0.25, -0.2) is 13.1 Å². The Kier molecular flexibility index (Phi) is 5.60. The first-order valence-corrected chi connectivity index (χ1v) is 10.7. The molecule has 2 aromatic heterocycles. The number of aryl methyl sites for hydroxylation is 1. The van der Waals surface area contributed by atoms with Gasteiger partial charge in [-0.05, 0) is 37.6 Å². The Morgan fingerprint density at radius 2 is 1.86 bits per heavy atom. The Morgan fingerprint density at radius 3 is 2.46 bits per heavy atom. The van der Waals surface area contributed by atoms with Crippen molar-refractivity contribution < 1.29 is 13.2 Å². The summed E-state index contributed by atoms with van der Waals surface area (Å²) in [6.07, 6.45) is 6.09. The fourth-order valence-corrected chi connectivity index (χ4v) is 3.54. The third-order valence-corrected chi connectivity index (χ3v) is 6.24. The number of carbonyl (C=O) groups is 1. The zero-order valence-corrected chi connectivity index (χ0v) is 16.7. The molecule has 0 bridgehead atoms. The molecule has 2 heterocycles. The molecule has 0 radical (unpaired) electrons. The summed E-state index contributed by atoms with van der Waals surface area (Å²) in [6.45, 7) is 3.54. The van der Waals surface area contributed by atoms with E-state index >= 15 is 0 Å². The van der Waals surface area contributed by atoms with Crippen molar-refractivity contribution in [3.8, 4) is 5.69 Å². The first-order valence-electron chi connectivity index (χ1n) is 8.78. The van der Waals surface area contributed by atoms with Crippen LogP contribution in [0.5, 0.6) is 0 Å². The molecule has 1 amide bonds. The summed E-state index contributed by atoms with van der Waals surface area (Å²) < 4.78 is 25.9. The lowest BCUT2D eigenvalue weighted by atomic mass is 10.0. The molecular weight excluding hydrogens is 376 g/mol. The zero-order chi connectivity index (χ0) is 20.3. The highest BCUT2D eigenvalue weighted by atomic mass is 32.2. The van der Waals surface area contributed by atoms with Gasteiger partial charge in [0.15, 0.2) is 9.84 Å². The van der Waals surface area contributed by atoms with Crippen LogP contribution in [-0.4, -0.2) is 40.6 Å². The lowest BCUT2D eigenvalue weighted by Gasteiger charge is -2.24. The molecule has 3 rings (SSSR count). The van der Waals surface area contributed by atoms with Crippen LogP contribution in [0.1, 0.15) is 34.6 Å². The smallest absolute Gasteiger partial charge is 0.270 e. The van der Waals surface area contributed by atoms with E-state index in [1.54, 1.807) is 42.2 Å². The van der Waals surface area contributed by atoms with Gasteiger partial charge in [0.05, 0.1) is 17.0 Å². The predicted octanol–water partition coefficient (Wildman–Crippen LogP) is 2.48. The van der Waals surface area contributed by atoms with Crippen LogP contribution in [0.25, 0.3) is 5.69 Å². The number of nitrogens with zero attached hydrogens (tertiary/aromatic N) is 3. The van der Waals surface area contributed by atoms with E-state index in [9.17, 15) is 13.2 Å². The minimum Gasteiger partial charge on any atom is -0.343 e. The molecule has 0 aliphatic carbocycles. The molecule has 8 heteroatoms. The highest BCUT2D eigenvalue weighted by molar-refractivity contribution is 7.91. The highest BCUT2D eigenvalue weighted by Crippen LogP contribution is 2.23. The Hall–Kier alpha value is -3.00. The van der Waals surface area contributed by atoms with E-state index in [0.29, 0.717) is 5.69 Å². The molecule has 2 atom stereocenters. The van der Waals surface area contributed by atoms with E-state index in [1.165, 1.54) is 12.5 Å². The molecule has 0 fully saturated rings. The number of hydrogen-bond donors (Lipinski definition) is 1. The monoisotopic (exact) mass is 398 g/mol. The predicted molar refractivity (Wildman–Crippen MR) is 107 cm³/mol. The molecular formula is C20H22N4O3S. The van der Waals surface area contributed by atoms with Crippen LogP contribution in [0.4, 0.5) is 0 Å². The van der Waals surface area contributed by atoms with Crippen molar-refractivity contribution in [3.63, 3.8) is 0 Å². The van der Waals surface area contributed by atoms with Crippen LogP contribution in [0, 0.1) is 6.92 Å². The molecule has 7 nitrogen and oxygen atoms in total. The van der Waals surface area contributed by atoms with E-state index in [2.05, 4.69) is 15.4 Å². The number of pyridine rings is 1. The van der Waals surface area contributed by atoms with Crippen molar-refractivity contribution in [2.24, 2.45) is 0 Å². The summed E-state index contributed by atoms with van der Waals surface area (Å²) in [4.78, 5) is 17.0. The van der Waals surface area contributed by atoms with E-state index in [4.69, 9.17) is 0 Å². The summed E-state index contributed by atoms with van der Waals surface area (Å²) >= 11 is 0. The first-order chi connectivity index (χ1) is 13.3. The Labute approximate surface area is 164 Å². The number of nitrogens with one attached hydrogen (secondary N) is 1. The Morgan fingerprint density at radius 1 is 1.14 bits per heavy atom. The van der Waals surface area contributed by atoms with Crippen LogP contribution >= 0.6 is 0 Å². The van der Waals surface area contributed by atoms with Crippen LogP contribution in [0.15, 0.2) is 61.1 Å². The van der Waals surface area contributed by atoms with Crippen molar-refractivity contribution in [1.29, 1.82) is 0 Å². The normalized spacial score (nSPS) is 13.7. The van der Waals surface area contributed by atoms with Gasteiger partial charge in [0.1, 0.15) is 5.69 Å². The minimum atomic E-state index is -3.38. The average Bonchev–Trinajstić information content (AvgIpc) is 3.20. The van der Waals surface area contributed by atoms with Gasteiger partial charge in [-0.15, -0.1) is 0 Å². The topological polar surface area (TPSA) is 93.9 Å². The Bertz CT molecular complexity index is 1060. The summed E-state index contributed by atoms with van der Waals surface area (Å²) in [7, 11) is -3.38. The minimum absolute atomic E-state index is 0.186. The van der Waals surface area contributed by atoms with Crippen molar-refractivity contribution in [1.82, 2.24) is 20.1 Å². The maximum Gasteiger partial charge on any atom is 0.270 e. The number of sulfone groups is 1. The van der Waals surface area contributed by atoms with Crippen molar-refractivity contribution in [2.75, 3.05) is 6.26 Å². The standard InChI is InChI=1S/C20H22N4O3S/c1-14-5-7-16(8-6-14)19(15(2)28(3,26)27)23-20(25)18-13-17(9-11-21-18)24-12-4-10-22-24/h4-13,15,19H,1-3H3,(H,23,25). The van der Waals surface area contributed by atoms with Gasteiger partial charge in [-0.3, -0.25) is 9.78 Å². The number of benzene rings is 1. The van der Waals surface area contributed by atoms with Crippen LogP contribution in [0.3, 0.4) is 0 Å². The third kappa shape index (κ3) is 4.45. The van der Waals surface area contributed by atoms with Gasteiger partial charge < -0.3 is 5.32 Å². The molecule has 28 heavy (non-hydrogen) atoms. The van der Waals surface area contributed by atoms with Gasteiger partial charge in [0, 0.05) is 24.8 Å². The molecule has 2 unspecified atom stereocenters. The summed E-state index contributed by atoms with van der Waals surface area (Å²) in [6, 6.07) is 11.9. The maximum atomic E-state index is 12.9. The van der Waals surface area contributed by atoms with E-state index < -0.39 is 27.0 Å². The van der Waals surface area contributed by atoms with Gasteiger partial charge in [0.2, 0.25) is 0 Å². The molecule has 0 saturated heterocycles. The number of aromatic nitrogens is 3. The molecule has 1 aromatic carbocycles. The SMILES string of the molecule is Cc1ccc(C(NC(=O)c2cc(-n3cccn3)ccn2)C(C)S(C)(=O)=O)cc1. The largest absolute Gasteiger partial charge is 0.343 e. The molecule has 0 aliphatic rings. The number of hydrogen-bond acceptors (Lipinski definition) is 5. The second-order valence-corrected chi connectivity index (χ2v) is 9.15. The molecule has 0 aliphatic heterocycles. The molecule has 1 N–H and O–H groups in total. The maximum absolute atomic E-state index is 12.9. The molecule has 3 aromatic rings. The highest BCUT2D eigenvalue weighted by Gasteiger charge is 2.29. The van der Waals surface area contributed by atoms with Crippen LogP contribution in [-0.2, 0) is 9.84 Å². The summed E-state index contributed by atoms with van der Waals surface area (Å²) in [5, 5.41) is 6.18.